The maximum atomic E-state index is 2.44. The summed E-state index contributed by atoms with van der Waals surface area (Å²) < 4.78 is 2.39. The van der Waals surface area contributed by atoms with Crippen LogP contribution >= 0.6 is 0 Å². The fraction of sp³-hybridized carbons (Fsp3) is 0. The lowest BCUT2D eigenvalue weighted by Crippen LogP contribution is -2.12. The molecular formula is C70H48N2. The molecule has 0 fully saturated rings. The van der Waals surface area contributed by atoms with Crippen LogP contribution in [-0.4, -0.2) is 4.57 Å². The van der Waals surface area contributed by atoms with Crippen LogP contribution in [0.25, 0.3) is 105 Å². The number of hydrogen-bond donors (Lipinski definition) is 0. The van der Waals surface area contributed by atoms with Gasteiger partial charge in [0.15, 0.2) is 0 Å². The van der Waals surface area contributed by atoms with Crippen LogP contribution in [0.2, 0.25) is 0 Å². The first kappa shape index (κ1) is 42.6. The van der Waals surface area contributed by atoms with Crippen LogP contribution in [-0.2, 0) is 0 Å². The summed E-state index contributed by atoms with van der Waals surface area (Å²) >= 11 is 0. The van der Waals surface area contributed by atoms with Gasteiger partial charge < -0.3 is 9.47 Å². The Morgan fingerprint density at radius 3 is 1.31 bits per heavy atom. The van der Waals surface area contributed by atoms with Gasteiger partial charge in [-0.3, -0.25) is 0 Å². The predicted molar refractivity (Wildman–Crippen MR) is 306 cm³/mol. The van der Waals surface area contributed by atoms with E-state index in [9.17, 15) is 0 Å². The molecule has 0 unspecified atom stereocenters. The summed E-state index contributed by atoms with van der Waals surface area (Å²) in [7, 11) is 0. The van der Waals surface area contributed by atoms with Crippen molar-refractivity contribution in [1.29, 1.82) is 0 Å². The van der Waals surface area contributed by atoms with Crippen molar-refractivity contribution in [2.75, 3.05) is 4.90 Å². The number of benzene rings is 12. The highest BCUT2D eigenvalue weighted by atomic mass is 15.1. The lowest BCUT2D eigenvalue weighted by Gasteiger charge is -2.30. The molecule has 0 spiro atoms. The molecule has 0 amide bonds. The molecule has 0 bridgehead atoms. The van der Waals surface area contributed by atoms with Gasteiger partial charge in [0, 0.05) is 33.4 Å². The standard InChI is InChI=1S/C70H48N2/c1-3-18-54(19-4-1)62-25-9-10-28-66(62)70-63(55-20-5-2-6-21-55)29-16-32-69(70)71(59-43-39-51(40-44-59)50-33-35-52(36-34-50)58-38-37-49-17-7-8-22-56(49)47-58)60-45-41-53(42-46-60)57-23-15-24-61(48-57)72-67-30-13-11-26-64(67)65-27-12-14-31-68(65)72/h1-48H. The van der Waals surface area contributed by atoms with Crippen molar-refractivity contribution in [2.45, 2.75) is 0 Å². The van der Waals surface area contributed by atoms with Gasteiger partial charge in [-0.25, -0.2) is 0 Å². The summed E-state index contributed by atoms with van der Waals surface area (Å²) in [6.07, 6.45) is 0. The lowest BCUT2D eigenvalue weighted by molar-refractivity contribution is 1.18. The molecule has 0 aliphatic rings. The number of anilines is 3. The fourth-order valence-corrected chi connectivity index (χ4v) is 10.7. The third-order valence-corrected chi connectivity index (χ3v) is 14.2. The van der Waals surface area contributed by atoms with E-state index in [4.69, 9.17) is 0 Å². The molecule has 0 N–H and O–H groups in total. The number of nitrogens with zero attached hydrogens (tertiary/aromatic N) is 2. The average molecular weight is 917 g/mol. The Labute approximate surface area is 420 Å². The van der Waals surface area contributed by atoms with Crippen LogP contribution < -0.4 is 4.90 Å². The Morgan fingerprint density at radius 1 is 0.250 bits per heavy atom. The van der Waals surface area contributed by atoms with E-state index in [0.717, 1.165) is 45.0 Å². The van der Waals surface area contributed by atoms with Crippen molar-refractivity contribution >= 4 is 49.6 Å². The van der Waals surface area contributed by atoms with Gasteiger partial charge in [0.05, 0.1) is 16.7 Å². The summed E-state index contributed by atoms with van der Waals surface area (Å²) in [6.45, 7) is 0. The van der Waals surface area contributed by atoms with E-state index in [1.807, 2.05) is 0 Å². The molecule has 2 heteroatoms. The molecule has 0 saturated carbocycles. The van der Waals surface area contributed by atoms with Crippen molar-refractivity contribution in [3.8, 4) is 72.4 Å². The Bertz CT molecular complexity index is 4000. The fourth-order valence-electron chi connectivity index (χ4n) is 10.7. The van der Waals surface area contributed by atoms with Crippen molar-refractivity contribution in [3.63, 3.8) is 0 Å². The third kappa shape index (κ3) is 7.82. The molecule has 2 nitrogen and oxygen atoms in total. The molecule has 13 rings (SSSR count). The van der Waals surface area contributed by atoms with Crippen LogP contribution in [0.5, 0.6) is 0 Å². The maximum absolute atomic E-state index is 2.44. The molecular weight excluding hydrogens is 869 g/mol. The summed E-state index contributed by atoms with van der Waals surface area (Å²) in [5.41, 5.74) is 20.9. The second-order valence-corrected chi connectivity index (χ2v) is 18.5. The molecule has 0 radical (unpaired) electrons. The SMILES string of the molecule is c1ccc(-c2ccccc2-c2c(-c3ccccc3)cccc2N(c2ccc(-c3ccc(-c4ccc5ccccc5c4)cc3)cc2)c2ccc(-c3cccc(-n4c5ccccc5c5ccccc54)c3)cc2)cc1. The number of hydrogen-bond acceptors (Lipinski definition) is 1. The highest BCUT2D eigenvalue weighted by Crippen LogP contribution is 2.48. The van der Waals surface area contributed by atoms with E-state index >= 15 is 0 Å². The van der Waals surface area contributed by atoms with E-state index in [0.29, 0.717) is 0 Å². The van der Waals surface area contributed by atoms with Crippen LogP contribution in [0.3, 0.4) is 0 Å². The molecule has 0 aliphatic heterocycles. The van der Waals surface area contributed by atoms with Crippen LogP contribution in [0.4, 0.5) is 17.1 Å². The van der Waals surface area contributed by atoms with E-state index in [2.05, 4.69) is 301 Å². The van der Waals surface area contributed by atoms with Gasteiger partial charge in [-0.2, -0.15) is 0 Å². The molecule has 1 heterocycles. The Morgan fingerprint density at radius 2 is 0.681 bits per heavy atom. The van der Waals surface area contributed by atoms with Crippen molar-refractivity contribution in [2.24, 2.45) is 0 Å². The van der Waals surface area contributed by atoms with Gasteiger partial charge in [-0.15, -0.1) is 0 Å². The highest BCUT2D eigenvalue weighted by molar-refractivity contribution is 6.09. The molecule has 1 aromatic heterocycles. The van der Waals surface area contributed by atoms with Crippen molar-refractivity contribution in [3.05, 3.63) is 291 Å². The van der Waals surface area contributed by atoms with Gasteiger partial charge in [-0.1, -0.05) is 231 Å². The molecule has 0 atom stereocenters. The largest absolute Gasteiger partial charge is 0.310 e. The first-order valence-corrected chi connectivity index (χ1v) is 24.7. The quantitative estimate of drug-likeness (QED) is 0.133. The Kier molecular flexibility index (Phi) is 10.9. The zero-order chi connectivity index (χ0) is 47.8. The molecule has 0 saturated heterocycles. The molecule has 12 aromatic carbocycles. The predicted octanol–water partition coefficient (Wildman–Crippen LogP) is 19.4. The zero-order valence-electron chi connectivity index (χ0n) is 39.6. The number of fused-ring (bicyclic) bond motifs is 4. The van der Waals surface area contributed by atoms with Gasteiger partial charge in [0.1, 0.15) is 0 Å². The molecule has 72 heavy (non-hydrogen) atoms. The van der Waals surface area contributed by atoms with E-state index in [1.54, 1.807) is 0 Å². The minimum atomic E-state index is 1.06. The van der Waals surface area contributed by atoms with Crippen molar-refractivity contribution in [1.82, 2.24) is 4.57 Å². The number of aromatic nitrogens is 1. The molecule has 0 aliphatic carbocycles. The maximum Gasteiger partial charge on any atom is 0.0546 e. The number of rotatable bonds is 10. The first-order valence-electron chi connectivity index (χ1n) is 24.7. The van der Waals surface area contributed by atoms with Gasteiger partial charge in [0.2, 0.25) is 0 Å². The summed E-state index contributed by atoms with van der Waals surface area (Å²) in [4.78, 5) is 2.44. The van der Waals surface area contributed by atoms with Crippen LogP contribution in [0.15, 0.2) is 291 Å². The highest BCUT2D eigenvalue weighted by Gasteiger charge is 2.23. The lowest BCUT2D eigenvalue weighted by atomic mass is 9.87. The van der Waals surface area contributed by atoms with Crippen molar-refractivity contribution < 1.29 is 0 Å². The monoisotopic (exact) mass is 916 g/mol. The molecule has 13 aromatic rings. The molecule has 338 valence electrons. The van der Waals surface area contributed by atoms with Crippen LogP contribution in [0.1, 0.15) is 0 Å². The summed E-state index contributed by atoms with van der Waals surface area (Å²) in [6, 6.07) is 106. The Hall–Kier alpha value is -9.50. The minimum Gasteiger partial charge on any atom is -0.310 e. The normalized spacial score (nSPS) is 11.3. The topological polar surface area (TPSA) is 8.17 Å². The zero-order valence-corrected chi connectivity index (χ0v) is 39.6. The van der Waals surface area contributed by atoms with Gasteiger partial charge in [0.25, 0.3) is 0 Å². The number of para-hydroxylation sites is 2. The van der Waals surface area contributed by atoms with E-state index in [-0.39, 0.29) is 0 Å². The van der Waals surface area contributed by atoms with Gasteiger partial charge in [-0.05, 0) is 133 Å². The first-order chi connectivity index (χ1) is 35.7. The van der Waals surface area contributed by atoms with E-state index < -0.39 is 0 Å². The van der Waals surface area contributed by atoms with E-state index in [1.165, 1.54) is 77.1 Å². The smallest absolute Gasteiger partial charge is 0.0546 e. The van der Waals surface area contributed by atoms with Gasteiger partial charge >= 0.3 is 0 Å². The second kappa shape index (κ2) is 18.4. The third-order valence-electron chi connectivity index (χ3n) is 14.2. The second-order valence-electron chi connectivity index (χ2n) is 18.5. The Balaban J connectivity index is 0.937. The average Bonchev–Trinajstić information content (AvgIpc) is 3.80. The minimum absolute atomic E-state index is 1.06. The van der Waals surface area contributed by atoms with Crippen LogP contribution in [0, 0.1) is 0 Å². The summed E-state index contributed by atoms with van der Waals surface area (Å²) in [5.74, 6) is 0. The summed E-state index contributed by atoms with van der Waals surface area (Å²) in [5, 5.41) is 5.02.